The quantitative estimate of drug-likeness (QED) is 0.784. The number of likely N-dealkylation sites (N-methyl/N-ethyl adjacent to an activating group) is 1. The number of carbonyl (C=O) groups excluding carboxylic acids is 1. The molecule has 0 aliphatic rings. The molecular weight excluding hydrogens is 218 g/mol. The standard InChI is InChI=1S/C13H19NO3/c1-9(16)11-6-5-10(7-12(11)17)14(4)13(2,3)8-15/h5-7,15,17H,8H2,1-4H3. The van der Waals surface area contributed by atoms with Crippen molar-refractivity contribution in [2.45, 2.75) is 26.3 Å². The number of hydrogen-bond donors (Lipinski definition) is 2. The van der Waals surface area contributed by atoms with Gasteiger partial charge in [-0.1, -0.05) is 0 Å². The molecule has 1 aromatic rings. The SMILES string of the molecule is CC(=O)c1ccc(N(C)C(C)(C)CO)cc1O. The Labute approximate surface area is 101 Å². The highest BCUT2D eigenvalue weighted by atomic mass is 16.3. The topological polar surface area (TPSA) is 60.8 Å². The highest BCUT2D eigenvalue weighted by molar-refractivity contribution is 5.97. The van der Waals surface area contributed by atoms with Crippen molar-refractivity contribution in [2.24, 2.45) is 0 Å². The first kappa shape index (κ1) is 13.5. The predicted molar refractivity (Wildman–Crippen MR) is 67.7 cm³/mol. The van der Waals surface area contributed by atoms with Crippen molar-refractivity contribution in [1.29, 1.82) is 0 Å². The number of carbonyl (C=O) groups is 1. The number of benzene rings is 1. The molecule has 4 heteroatoms. The molecule has 0 heterocycles. The van der Waals surface area contributed by atoms with Crippen molar-refractivity contribution in [1.82, 2.24) is 0 Å². The van der Waals surface area contributed by atoms with Gasteiger partial charge in [0.15, 0.2) is 5.78 Å². The van der Waals surface area contributed by atoms with Gasteiger partial charge in [0, 0.05) is 18.8 Å². The van der Waals surface area contributed by atoms with Crippen LogP contribution in [0.4, 0.5) is 5.69 Å². The second-order valence-corrected chi connectivity index (χ2v) is 4.79. The summed E-state index contributed by atoms with van der Waals surface area (Å²) in [5.41, 5.74) is 0.639. The van der Waals surface area contributed by atoms with E-state index < -0.39 is 5.54 Å². The van der Waals surface area contributed by atoms with Crippen LogP contribution in [0.5, 0.6) is 5.75 Å². The summed E-state index contributed by atoms with van der Waals surface area (Å²) in [6.07, 6.45) is 0. The fraction of sp³-hybridized carbons (Fsp3) is 0.462. The molecule has 94 valence electrons. The molecule has 0 radical (unpaired) electrons. The molecule has 0 aromatic heterocycles. The Morgan fingerprint density at radius 3 is 2.41 bits per heavy atom. The molecule has 0 aliphatic carbocycles. The molecule has 0 bridgehead atoms. The third kappa shape index (κ3) is 2.77. The minimum Gasteiger partial charge on any atom is -0.507 e. The van der Waals surface area contributed by atoms with Gasteiger partial charge in [0.25, 0.3) is 0 Å². The van der Waals surface area contributed by atoms with E-state index in [0.717, 1.165) is 5.69 Å². The second kappa shape index (κ2) is 4.75. The summed E-state index contributed by atoms with van der Waals surface area (Å²) in [4.78, 5) is 13.0. The number of phenols is 1. The van der Waals surface area contributed by atoms with Crippen molar-refractivity contribution in [3.05, 3.63) is 23.8 Å². The lowest BCUT2D eigenvalue weighted by atomic mass is 10.0. The lowest BCUT2D eigenvalue weighted by Crippen LogP contribution is -2.44. The number of aliphatic hydroxyl groups is 1. The maximum atomic E-state index is 11.2. The summed E-state index contributed by atoms with van der Waals surface area (Å²) < 4.78 is 0. The number of hydrogen-bond acceptors (Lipinski definition) is 4. The summed E-state index contributed by atoms with van der Waals surface area (Å²) in [5, 5.41) is 19.0. The molecular formula is C13H19NO3. The van der Waals surface area contributed by atoms with Crippen LogP contribution in [-0.2, 0) is 0 Å². The average Bonchev–Trinajstić information content (AvgIpc) is 2.27. The van der Waals surface area contributed by atoms with E-state index in [1.807, 2.05) is 25.8 Å². The van der Waals surface area contributed by atoms with Crippen molar-refractivity contribution in [3.63, 3.8) is 0 Å². The minimum atomic E-state index is -0.426. The molecule has 0 aliphatic heterocycles. The van der Waals surface area contributed by atoms with E-state index in [-0.39, 0.29) is 18.1 Å². The Morgan fingerprint density at radius 1 is 1.41 bits per heavy atom. The first-order valence-electron chi connectivity index (χ1n) is 5.48. The first-order valence-corrected chi connectivity index (χ1v) is 5.48. The van der Waals surface area contributed by atoms with Gasteiger partial charge in [-0.25, -0.2) is 0 Å². The number of nitrogens with zero attached hydrogens (tertiary/aromatic N) is 1. The number of aromatic hydroxyl groups is 1. The Hall–Kier alpha value is -1.55. The number of ketones is 1. The summed E-state index contributed by atoms with van der Waals surface area (Å²) in [6, 6.07) is 4.89. The van der Waals surface area contributed by atoms with Gasteiger partial charge in [0.2, 0.25) is 0 Å². The van der Waals surface area contributed by atoms with Crippen LogP contribution >= 0.6 is 0 Å². The van der Waals surface area contributed by atoms with Gasteiger partial charge in [0.1, 0.15) is 5.75 Å². The molecule has 1 rings (SSSR count). The number of Topliss-reactive ketones (excluding diaryl/α,β-unsaturated/α-hetero) is 1. The van der Waals surface area contributed by atoms with Gasteiger partial charge in [-0.3, -0.25) is 4.79 Å². The Morgan fingerprint density at radius 2 is 2.00 bits per heavy atom. The van der Waals surface area contributed by atoms with Crippen LogP contribution in [0.25, 0.3) is 0 Å². The Balaban J connectivity index is 3.10. The van der Waals surface area contributed by atoms with E-state index in [0.29, 0.717) is 5.56 Å². The fourth-order valence-corrected chi connectivity index (χ4v) is 1.48. The molecule has 1 aromatic carbocycles. The van der Waals surface area contributed by atoms with Crippen LogP contribution in [-0.4, -0.2) is 35.2 Å². The molecule has 0 atom stereocenters. The maximum absolute atomic E-state index is 11.2. The lowest BCUT2D eigenvalue weighted by molar-refractivity contribution is 0.101. The van der Waals surface area contributed by atoms with E-state index in [1.165, 1.54) is 13.0 Å². The van der Waals surface area contributed by atoms with E-state index in [1.54, 1.807) is 12.1 Å². The zero-order chi connectivity index (χ0) is 13.2. The van der Waals surface area contributed by atoms with Crippen molar-refractivity contribution in [2.75, 3.05) is 18.6 Å². The minimum absolute atomic E-state index is 0.00127. The largest absolute Gasteiger partial charge is 0.507 e. The van der Waals surface area contributed by atoms with Gasteiger partial charge in [0.05, 0.1) is 17.7 Å². The molecule has 0 saturated carbocycles. The normalized spacial score (nSPS) is 11.4. The lowest BCUT2D eigenvalue weighted by Gasteiger charge is -2.36. The van der Waals surface area contributed by atoms with Crippen LogP contribution in [0.15, 0.2) is 18.2 Å². The average molecular weight is 237 g/mol. The predicted octanol–water partition coefficient (Wildman–Crippen LogP) is 1.80. The summed E-state index contributed by atoms with van der Waals surface area (Å²) >= 11 is 0. The molecule has 0 spiro atoms. The summed E-state index contributed by atoms with van der Waals surface area (Å²) in [6.45, 7) is 5.20. The number of anilines is 1. The van der Waals surface area contributed by atoms with Crippen LogP contribution in [0, 0.1) is 0 Å². The molecule has 0 unspecified atom stereocenters. The van der Waals surface area contributed by atoms with Crippen LogP contribution < -0.4 is 4.90 Å². The van der Waals surface area contributed by atoms with Gasteiger partial charge in [-0.05, 0) is 32.9 Å². The summed E-state index contributed by atoms with van der Waals surface area (Å²) in [5.74, 6) is -0.200. The maximum Gasteiger partial charge on any atom is 0.163 e. The zero-order valence-corrected chi connectivity index (χ0v) is 10.7. The summed E-state index contributed by atoms with van der Waals surface area (Å²) in [7, 11) is 1.83. The highest BCUT2D eigenvalue weighted by Crippen LogP contribution is 2.28. The van der Waals surface area contributed by atoms with Crippen LogP contribution in [0.2, 0.25) is 0 Å². The second-order valence-electron chi connectivity index (χ2n) is 4.79. The van der Waals surface area contributed by atoms with E-state index in [2.05, 4.69) is 0 Å². The first-order chi connectivity index (χ1) is 7.79. The molecule has 4 nitrogen and oxygen atoms in total. The van der Waals surface area contributed by atoms with Gasteiger partial charge in [-0.15, -0.1) is 0 Å². The van der Waals surface area contributed by atoms with Crippen LogP contribution in [0.3, 0.4) is 0 Å². The van der Waals surface area contributed by atoms with E-state index in [4.69, 9.17) is 0 Å². The van der Waals surface area contributed by atoms with Crippen molar-refractivity contribution in [3.8, 4) is 5.75 Å². The highest BCUT2D eigenvalue weighted by Gasteiger charge is 2.23. The molecule has 0 saturated heterocycles. The van der Waals surface area contributed by atoms with Gasteiger partial charge < -0.3 is 15.1 Å². The van der Waals surface area contributed by atoms with Crippen molar-refractivity contribution < 1.29 is 15.0 Å². The van der Waals surface area contributed by atoms with Crippen LogP contribution in [0.1, 0.15) is 31.1 Å². The number of aliphatic hydroxyl groups excluding tert-OH is 1. The number of rotatable bonds is 4. The Bertz CT molecular complexity index is 427. The molecule has 0 amide bonds. The van der Waals surface area contributed by atoms with Crippen molar-refractivity contribution >= 4 is 11.5 Å². The zero-order valence-electron chi connectivity index (χ0n) is 10.7. The third-order valence-corrected chi connectivity index (χ3v) is 3.04. The Kier molecular flexibility index (Phi) is 3.78. The smallest absolute Gasteiger partial charge is 0.163 e. The fourth-order valence-electron chi connectivity index (χ4n) is 1.48. The molecule has 17 heavy (non-hydrogen) atoms. The number of phenolic OH excluding ortho intramolecular Hbond substituents is 1. The molecule has 0 fully saturated rings. The van der Waals surface area contributed by atoms with E-state index >= 15 is 0 Å². The van der Waals surface area contributed by atoms with Gasteiger partial charge >= 0.3 is 0 Å². The molecule has 2 N–H and O–H groups in total. The third-order valence-electron chi connectivity index (χ3n) is 3.04. The van der Waals surface area contributed by atoms with E-state index in [9.17, 15) is 15.0 Å². The monoisotopic (exact) mass is 237 g/mol. The van der Waals surface area contributed by atoms with Gasteiger partial charge in [-0.2, -0.15) is 0 Å².